The highest BCUT2D eigenvalue weighted by molar-refractivity contribution is 14.0. The van der Waals surface area contributed by atoms with Crippen molar-refractivity contribution in [3.05, 3.63) is 42.5 Å². The molecule has 6 heteroatoms. The minimum atomic E-state index is 0. The summed E-state index contributed by atoms with van der Waals surface area (Å²) in [5.41, 5.74) is 1.21. The summed E-state index contributed by atoms with van der Waals surface area (Å²) in [6.07, 6.45) is 4.35. The van der Waals surface area contributed by atoms with Crippen LogP contribution in [0.2, 0.25) is 0 Å². The summed E-state index contributed by atoms with van der Waals surface area (Å²) in [5, 5.41) is 6.55. The SMILES string of the molecule is C=CCNC(=NCC(c1ccccc1OC)N1CCCC1)NCC.I. The minimum Gasteiger partial charge on any atom is -0.496 e. The van der Waals surface area contributed by atoms with Gasteiger partial charge in [-0.1, -0.05) is 24.3 Å². The number of rotatable bonds is 8. The molecular formula is C19H31IN4O. The topological polar surface area (TPSA) is 48.9 Å². The zero-order valence-corrected chi connectivity index (χ0v) is 17.7. The van der Waals surface area contributed by atoms with Crippen LogP contribution in [0.25, 0.3) is 0 Å². The number of hydrogen-bond donors (Lipinski definition) is 2. The van der Waals surface area contributed by atoms with E-state index in [-0.39, 0.29) is 30.0 Å². The minimum absolute atomic E-state index is 0. The first-order valence-electron chi connectivity index (χ1n) is 8.80. The van der Waals surface area contributed by atoms with Gasteiger partial charge in [0.1, 0.15) is 5.75 Å². The molecule has 1 aliphatic heterocycles. The van der Waals surface area contributed by atoms with Gasteiger partial charge in [0.15, 0.2) is 5.96 Å². The predicted molar refractivity (Wildman–Crippen MR) is 116 cm³/mol. The molecule has 0 bridgehead atoms. The van der Waals surface area contributed by atoms with Crippen LogP contribution in [-0.4, -0.2) is 50.7 Å². The third kappa shape index (κ3) is 6.51. The Balaban J connectivity index is 0.00000312. The summed E-state index contributed by atoms with van der Waals surface area (Å²) in [6, 6.07) is 8.52. The van der Waals surface area contributed by atoms with E-state index in [9.17, 15) is 0 Å². The highest BCUT2D eigenvalue weighted by Gasteiger charge is 2.25. The van der Waals surface area contributed by atoms with Gasteiger partial charge in [0.05, 0.1) is 19.7 Å². The summed E-state index contributed by atoms with van der Waals surface area (Å²) in [7, 11) is 1.73. The van der Waals surface area contributed by atoms with Gasteiger partial charge in [-0.25, -0.2) is 0 Å². The summed E-state index contributed by atoms with van der Waals surface area (Å²) in [4.78, 5) is 7.31. The fourth-order valence-corrected chi connectivity index (χ4v) is 3.09. The van der Waals surface area contributed by atoms with Crippen molar-refractivity contribution in [2.75, 3.05) is 39.8 Å². The molecule has 5 nitrogen and oxygen atoms in total. The van der Waals surface area contributed by atoms with Crippen molar-refractivity contribution in [2.45, 2.75) is 25.8 Å². The molecule has 0 aliphatic carbocycles. The number of methoxy groups -OCH3 is 1. The van der Waals surface area contributed by atoms with Crippen LogP contribution in [0.4, 0.5) is 0 Å². The van der Waals surface area contributed by atoms with E-state index < -0.39 is 0 Å². The van der Waals surface area contributed by atoms with E-state index in [1.54, 1.807) is 7.11 Å². The molecule has 1 aliphatic rings. The normalized spacial score (nSPS) is 16.0. The Morgan fingerprint density at radius 2 is 2.04 bits per heavy atom. The van der Waals surface area contributed by atoms with Gasteiger partial charge >= 0.3 is 0 Å². The first-order chi connectivity index (χ1) is 11.8. The van der Waals surface area contributed by atoms with Crippen LogP contribution in [0.15, 0.2) is 41.9 Å². The van der Waals surface area contributed by atoms with Crippen LogP contribution >= 0.6 is 24.0 Å². The summed E-state index contributed by atoms with van der Waals surface area (Å²) >= 11 is 0. The molecule has 0 aromatic heterocycles. The van der Waals surface area contributed by atoms with Gasteiger partial charge in [-0.2, -0.15) is 0 Å². The van der Waals surface area contributed by atoms with E-state index >= 15 is 0 Å². The third-order valence-corrected chi connectivity index (χ3v) is 4.26. The Morgan fingerprint density at radius 3 is 2.68 bits per heavy atom. The van der Waals surface area contributed by atoms with Gasteiger partial charge < -0.3 is 15.4 Å². The molecular weight excluding hydrogens is 427 g/mol. The molecule has 1 heterocycles. The molecule has 0 radical (unpaired) electrons. The van der Waals surface area contributed by atoms with Crippen molar-refractivity contribution in [1.82, 2.24) is 15.5 Å². The number of guanidine groups is 1. The summed E-state index contributed by atoms with van der Waals surface area (Å²) < 4.78 is 5.59. The van der Waals surface area contributed by atoms with Crippen LogP contribution < -0.4 is 15.4 Å². The highest BCUT2D eigenvalue weighted by atomic mass is 127. The highest BCUT2D eigenvalue weighted by Crippen LogP contribution is 2.31. The number of ether oxygens (including phenoxy) is 1. The first kappa shape index (κ1) is 21.8. The van der Waals surface area contributed by atoms with Crippen molar-refractivity contribution in [3.8, 4) is 5.75 Å². The molecule has 2 N–H and O–H groups in total. The lowest BCUT2D eigenvalue weighted by atomic mass is 10.0. The maximum atomic E-state index is 5.59. The average Bonchev–Trinajstić information content (AvgIpc) is 3.14. The van der Waals surface area contributed by atoms with Crippen molar-refractivity contribution in [2.24, 2.45) is 4.99 Å². The average molecular weight is 458 g/mol. The van der Waals surface area contributed by atoms with Crippen molar-refractivity contribution in [1.29, 1.82) is 0 Å². The number of benzene rings is 1. The molecule has 2 rings (SSSR count). The number of nitrogens with zero attached hydrogens (tertiary/aromatic N) is 2. The Bertz CT molecular complexity index is 544. The summed E-state index contributed by atoms with van der Waals surface area (Å²) in [5.74, 6) is 1.77. The zero-order chi connectivity index (χ0) is 17.2. The second kappa shape index (κ2) is 12.1. The smallest absolute Gasteiger partial charge is 0.191 e. The molecule has 140 valence electrons. The van der Waals surface area contributed by atoms with E-state index in [1.165, 1.54) is 18.4 Å². The van der Waals surface area contributed by atoms with Crippen LogP contribution in [0, 0.1) is 0 Å². The fraction of sp³-hybridized carbons (Fsp3) is 0.526. The number of nitrogens with one attached hydrogen (secondary N) is 2. The maximum absolute atomic E-state index is 5.59. The van der Waals surface area contributed by atoms with E-state index in [2.05, 4.69) is 41.2 Å². The van der Waals surface area contributed by atoms with Crippen molar-refractivity contribution in [3.63, 3.8) is 0 Å². The van der Waals surface area contributed by atoms with E-state index in [4.69, 9.17) is 9.73 Å². The molecule has 1 fully saturated rings. The molecule has 0 spiro atoms. The standard InChI is InChI=1S/C19H30N4O.HI/c1-4-12-21-19(20-5-2)22-15-17(23-13-8-9-14-23)16-10-6-7-11-18(16)24-3;/h4,6-7,10-11,17H,1,5,8-9,12-15H2,2-3H3,(H2,20,21,22);1H. The van der Waals surface area contributed by atoms with Crippen LogP contribution in [0.3, 0.4) is 0 Å². The van der Waals surface area contributed by atoms with E-state index in [0.29, 0.717) is 13.1 Å². The number of para-hydroxylation sites is 1. The maximum Gasteiger partial charge on any atom is 0.191 e. The molecule has 1 aromatic carbocycles. The van der Waals surface area contributed by atoms with Gasteiger partial charge in [-0.05, 0) is 38.9 Å². The Morgan fingerprint density at radius 1 is 1.32 bits per heavy atom. The number of likely N-dealkylation sites (tertiary alicyclic amines) is 1. The largest absolute Gasteiger partial charge is 0.496 e. The van der Waals surface area contributed by atoms with Crippen molar-refractivity contribution < 1.29 is 4.74 Å². The molecule has 1 atom stereocenters. The van der Waals surface area contributed by atoms with Gasteiger partial charge in [0.25, 0.3) is 0 Å². The second-order valence-corrected chi connectivity index (χ2v) is 5.89. The lowest BCUT2D eigenvalue weighted by Gasteiger charge is -2.28. The molecule has 25 heavy (non-hydrogen) atoms. The second-order valence-electron chi connectivity index (χ2n) is 5.89. The lowest BCUT2D eigenvalue weighted by molar-refractivity contribution is 0.245. The molecule has 1 unspecified atom stereocenters. The van der Waals surface area contributed by atoms with Crippen molar-refractivity contribution >= 4 is 29.9 Å². The Kier molecular flexibility index (Phi) is 10.6. The van der Waals surface area contributed by atoms with Crippen LogP contribution in [0.5, 0.6) is 5.75 Å². The van der Waals surface area contributed by atoms with Gasteiger partial charge in [-0.3, -0.25) is 9.89 Å². The molecule has 1 aromatic rings. The van der Waals surface area contributed by atoms with Crippen LogP contribution in [0.1, 0.15) is 31.4 Å². The predicted octanol–water partition coefficient (Wildman–Crippen LogP) is 3.19. The zero-order valence-electron chi connectivity index (χ0n) is 15.3. The van der Waals surface area contributed by atoms with E-state index in [1.807, 2.05) is 18.2 Å². The number of halogens is 1. The lowest BCUT2D eigenvalue weighted by Crippen LogP contribution is -2.38. The first-order valence-corrected chi connectivity index (χ1v) is 8.80. The van der Waals surface area contributed by atoms with Gasteiger partial charge in [0.2, 0.25) is 0 Å². The van der Waals surface area contributed by atoms with E-state index in [0.717, 1.165) is 31.3 Å². The van der Waals surface area contributed by atoms with Gasteiger partial charge in [0, 0.05) is 18.7 Å². The van der Waals surface area contributed by atoms with Crippen LogP contribution in [-0.2, 0) is 0 Å². The Labute approximate surface area is 168 Å². The molecule has 0 saturated carbocycles. The number of hydrogen-bond acceptors (Lipinski definition) is 3. The molecule has 1 saturated heterocycles. The fourth-order valence-electron chi connectivity index (χ4n) is 3.09. The summed E-state index contributed by atoms with van der Waals surface area (Å²) in [6.45, 7) is 10.3. The third-order valence-electron chi connectivity index (χ3n) is 4.26. The van der Waals surface area contributed by atoms with Gasteiger partial charge in [-0.15, -0.1) is 30.6 Å². The Hall–Kier alpha value is -1.28. The monoisotopic (exact) mass is 458 g/mol. The molecule has 0 amide bonds. The number of aliphatic imine (C=N–C) groups is 1. The quantitative estimate of drug-likeness (QED) is 0.272.